The zero-order valence-corrected chi connectivity index (χ0v) is 8.31. The summed E-state index contributed by atoms with van der Waals surface area (Å²) in [5, 5.41) is 0. The fourth-order valence-electron chi connectivity index (χ4n) is 0.933. The van der Waals surface area contributed by atoms with Crippen molar-refractivity contribution in [2.75, 3.05) is 14.1 Å². The van der Waals surface area contributed by atoms with Gasteiger partial charge in [-0.2, -0.15) is 0 Å². The Morgan fingerprint density at radius 3 is 2.09 bits per heavy atom. The maximum Gasteiger partial charge on any atom is 0.00557 e. The van der Waals surface area contributed by atoms with Crippen LogP contribution in [0.1, 0.15) is 27.2 Å². The molecule has 0 radical (unpaired) electrons. The molecule has 0 aliphatic rings. The van der Waals surface area contributed by atoms with Gasteiger partial charge in [0.2, 0.25) is 0 Å². The maximum absolute atomic E-state index is 2.22. The van der Waals surface area contributed by atoms with Gasteiger partial charge in [0.25, 0.3) is 0 Å². The van der Waals surface area contributed by atoms with E-state index in [1.54, 1.807) is 0 Å². The Labute approximate surface area is 70.4 Å². The Morgan fingerprint density at radius 1 is 1.27 bits per heavy atom. The molecule has 0 spiro atoms. The number of hydrogen-bond donors (Lipinski definition) is 0. The van der Waals surface area contributed by atoms with Crippen LogP contribution in [0.25, 0.3) is 0 Å². The smallest absolute Gasteiger partial charge is 0.00557 e. The zero-order chi connectivity index (χ0) is 8.85. The Kier molecular flexibility index (Phi) is 4.67. The highest BCUT2D eigenvalue weighted by molar-refractivity contribution is 5.20. The summed E-state index contributed by atoms with van der Waals surface area (Å²) < 4.78 is 0. The second-order valence-corrected chi connectivity index (χ2v) is 3.24. The molecule has 11 heavy (non-hydrogen) atoms. The summed E-state index contributed by atoms with van der Waals surface area (Å²) in [6.45, 7) is 6.42. The predicted molar refractivity (Wildman–Crippen MR) is 51.5 cm³/mol. The fraction of sp³-hybridized carbons (Fsp3) is 0.600. The molecule has 0 unspecified atom stereocenters. The first-order valence-corrected chi connectivity index (χ1v) is 4.08. The first-order valence-electron chi connectivity index (χ1n) is 4.08. The molecule has 0 fully saturated rings. The van der Waals surface area contributed by atoms with Crippen molar-refractivity contribution in [3.63, 3.8) is 0 Å². The largest absolute Gasteiger partial charge is 0.383 e. The van der Waals surface area contributed by atoms with E-state index in [1.165, 1.54) is 11.1 Å². The predicted octanol–water partition coefficient (Wildman–Crippen LogP) is 2.81. The Hall–Kier alpha value is -0.720. The van der Waals surface area contributed by atoms with Gasteiger partial charge in [0.1, 0.15) is 0 Å². The first kappa shape index (κ1) is 10.3. The third-order valence-electron chi connectivity index (χ3n) is 1.31. The summed E-state index contributed by atoms with van der Waals surface area (Å²) >= 11 is 0. The molecule has 0 rings (SSSR count). The molecule has 0 atom stereocenters. The number of hydrogen-bond acceptors (Lipinski definition) is 1. The summed E-state index contributed by atoms with van der Waals surface area (Å²) in [6, 6.07) is 0. The van der Waals surface area contributed by atoms with E-state index in [9.17, 15) is 0 Å². The fourth-order valence-corrected chi connectivity index (χ4v) is 0.933. The lowest BCUT2D eigenvalue weighted by Gasteiger charge is -2.07. The molecule has 0 saturated heterocycles. The van der Waals surface area contributed by atoms with Gasteiger partial charge in [-0.05, 0) is 25.8 Å². The molecule has 0 aromatic rings. The minimum atomic E-state index is 1.10. The van der Waals surface area contributed by atoms with E-state index in [0.717, 1.165) is 6.42 Å². The molecule has 64 valence electrons. The van der Waals surface area contributed by atoms with Crippen LogP contribution >= 0.6 is 0 Å². The van der Waals surface area contributed by atoms with Crippen molar-refractivity contribution in [1.82, 2.24) is 4.90 Å². The van der Waals surface area contributed by atoms with E-state index < -0.39 is 0 Å². The molecule has 1 heteroatoms. The summed E-state index contributed by atoms with van der Waals surface area (Å²) in [5.41, 5.74) is 2.75. The molecule has 0 bridgehead atoms. The second-order valence-electron chi connectivity index (χ2n) is 3.24. The van der Waals surface area contributed by atoms with Crippen molar-refractivity contribution < 1.29 is 0 Å². The maximum atomic E-state index is 2.22. The molecule has 1 nitrogen and oxygen atoms in total. The monoisotopic (exact) mass is 153 g/mol. The van der Waals surface area contributed by atoms with E-state index in [-0.39, 0.29) is 0 Å². The van der Waals surface area contributed by atoms with Crippen molar-refractivity contribution in [2.24, 2.45) is 0 Å². The standard InChI is InChI=1S/C10H19N/c1-6-10(7-9(2)3)8-11(4)5/h7-8H,6H2,1-5H3/b10-8+. The highest BCUT2D eigenvalue weighted by Crippen LogP contribution is 2.06. The molecule has 0 aliphatic heterocycles. The van der Waals surface area contributed by atoms with Crippen LogP contribution in [0.4, 0.5) is 0 Å². The molecule has 0 N–H and O–H groups in total. The lowest BCUT2D eigenvalue weighted by molar-refractivity contribution is 0.558. The Balaban J connectivity index is 4.29. The lowest BCUT2D eigenvalue weighted by Crippen LogP contribution is -2.02. The van der Waals surface area contributed by atoms with Gasteiger partial charge in [-0.25, -0.2) is 0 Å². The third-order valence-corrected chi connectivity index (χ3v) is 1.31. The topological polar surface area (TPSA) is 3.24 Å². The van der Waals surface area contributed by atoms with Crippen molar-refractivity contribution in [2.45, 2.75) is 27.2 Å². The molecule has 0 aliphatic carbocycles. The normalized spacial score (nSPS) is 11.2. The van der Waals surface area contributed by atoms with Gasteiger partial charge in [0.05, 0.1) is 0 Å². The third kappa shape index (κ3) is 5.71. The van der Waals surface area contributed by atoms with Gasteiger partial charge in [0.15, 0.2) is 0 Å². The first-order chi connectivity index (χ1) is 5.06. The highest BCUT2D eigenvalue weighted by Gasteiger charge is 1.89. The minimum absolute atomic E-state index is 1.10. The van der Waals surface area contributed by atoms with Gasteiger partial charge in [0, 0.05) is 20.3 Å². The summed E-state index contributed by atoms with van der Waals surface area (Å²) in [4.78, 5) is 2.08. The number of rotatable bonds is 3. The van der Waals surface area contributed by atoms with Crippen molar-refractivity contribution in [3.8, 4) is 0 Å². The minimum Gasteiger partial charge on any atom is -0.383 e. The molecule has 0 saturated carbocycles. The van der Waals surface area contributed by atoms with E-state index in [1.807, 2.05) is 0 Å². The molecule has 0 aromatic carbocycles. The quantitative estimate of drug-likeness (QED) is 0.563. The van der Waals surface area contributed by atoms with Crippen LogP contribution in [0.2, 0.25) is 0 Å². The average Bonchev–Trinajstić information content (AvgIpc) is 1.84. The summed E-state index contributed by atoms with van der Waals surface area (Å²) in [6.07, 6.45) is 5.48. The van der Waals surface area contributed by atoms with Gasteiger partial charge in [-0.1, -0.05) is 18.6 Å². The van der Waals surface area contributed by atoms with Crippen molar-refractivity contribution in [1.29, 1.82) is 0 Å². The van der Waals surface area contributed by atoms with Crippen molar-refractivity contribution >= 4 is 0 Å². The van der Waals surface area contributed by atoms with Gasteiger partial charge in [-0.3, -0.25) is 0 Å². The van der Waals surface area contributed by atoms with E-state index in [4.69, 9.17) is 0 Å². The van der Waals surface area contributed by atoms with Crippen LogP contribution in [-0.4, -0.2) is 19.0 Å². The lowest BCUT2D eigenvalue weighted by atomic mass is 10.1. The molecular formula is C10H19N. The highest BCUT2D eigenvalue weighted by atomic mass is 15.0. The van der Waals surface area contributed by atoms with Crippen LogP contribution in [-0.2, 0) is 0 Å². The van der Waals surface area contributed by atoms with E-state index >= 15 is 0 Å². The second kappa shape index (κ2) is 5.00. The average molecular weight is 153 g/mol. The molecule has 0 heterocycles. The Bertz CT molecular complexity index is 160. The van der Waals surface area contributed by atoms with Crippen LogP contribution in [0, 0.1) is 0 Å². The van der Waals surface area contributed by atoms with Crippen LogP contribution < -0.4 is 0 Å². The number of nitrogens with zero attached hydrogens (tertiary/aromatic N) is 1. The Morgan fingerprint density at radius 2 is 1.82 bits per heavy atom. The van der Waals surface area contributed by atoms with Crippen molar-refractivity contribution in [3.05, 3.63) is 23.4 Å². The number of allylic oxidation sites excluding steroid dienone is 3. The molecule has 0 aromatic heterocycles. The van der Waals surface area contributed by atoms with Crippen LogP contribution in [0.5, 0.6) is 0 Å². The SMILES string of the molecule is CC/C(C=C(C)C)=C\N(C)C. The molecule has 0 amide bonds. The van der Waals surface area contributed by atoms with E-state index in [2.05, 4.69) is 52.0 Å². The van der Waals surface area contributed by atoms with Crippen LogP contribution in [0.15, 0.2) is 23.4 Å². The van der Waals surface area contributed by atoms with Gasteiger partial charge < -0.3 is 4.90 Å². The molecular weight excluding hydrogens is 134 g/mol. The van der Waals surface area contributed by atoms with Gasteiger partial charge in [-0.15, -0.1) is 0 Å². The van der Waals surface area contributed by atoms with Gasteiger partial charge >= 0.3 is 0 Å². The van der Waals surface area contributed by atoms with E-state index in [0.29, 0.717) is 0 Å². The zero-order valence-electron chi connectivity index (χ0n) is 8.31. The summed E-state index contributed by atoms with van der Waals surface area (Å²) in [5.74, 6) is 0. The summed E-state index contributed by atoms with van der Waals surface area (Å²) in [7, 11) is 4.10. The van der Waals surface area contributed by atoms with Crippen LogP contribution in [0.3, 0.4) is 0 Å².